The molecule has 9 heteroatoms. The minimum absolute atomic E-state index is 0.0000609. The lowest BCUT2D eigenvalue weighted by Gasteiger charge is -2.27. The van der Waals surface area contributed by atoms with E-state index < -0.39 is 0 Å². The summed E-state index contributed by atoms with van der Waals surface area (Å²) in [6.45, 7) is 3.55. The summed E-state index contributed by atoms with van der Waals surface area (Å²) in [4.78, 5) is 34.4. The number of aliphatic hydroxyl groups is 1. The van der Waals surface area contributed by atoms with Gasteiger partial charge in [0.1, 0.15) is 17.4 Å². The highest BCUT2D eigenvalue weighted by molar-refractivity contribution is 6.19. The zero-order chi connectivity index (χ0) is 22.6. The standard InChI is InChI=1S/C24H27N7O2/c32-20(17-5-4-9-25-16-17)15-21-29-22-19(23-26-11-14-31(21)23)7-6-18(28-22)8-10-27-24(33)30-12-2-1-3-13-30/h4-7,9,15-16,32H,1-3,8,10-14H2,(H,27,33)/b20-15-. The van der Waals surface area contributed by atoms with E-state index in [-0.39, 0.29) is 11.8 Å². The quantitative estimate of drug-likeness (QED) is 0.689. The number of amides is 2. The molecule has 2 amide bonds. The van der Waals surface area contributed by atoms with Crippen molar-refractivity contribution in [2.45, 2.75) is 25.7 Å². The van der Waals surface area contributed by atoms with E-state index in [1.807, 2.05) is 21.9 Å². The molecule has 0 atom stereocenters. The molecule has 0 radical (unpaired) electrons. The monoisotopic (exact) mass is 445 g/mol. The molecule has 2 N–H and O–H groups in total. The Morgan fingerprint density at radius 3 is 2.85 bits per heavy atom. The van der Waals surface area contributed by atoms with Crippen LogP contribution in [0.15, 0.2) is 52.7 Å². The van der Waals surface area contributed by atoms with Crippen LogP contribution in [0.3, 0.4) is 0 Å². The zero-order valence-electron chi connectivity index (χ0n) is 18.4. The van der Waals surface area contributed by atoms with Crippen LogP contribution in [0, 0.1) is 0 Å². The number of likely N-dealkylation sites (tertiary alicyclic amines) is 1. The van der Waals surface area contributed by atoms with Gasteiger partial charge in [0.25, 0.3) is 0 Å². The van der Waals surface area contributed by atoms with Gasteiger partial charge >= 0.3 is 6.03 Å². The van der Waals surface area contributed by atoms with E-state index in [2.05, 4.69) is 15.3 Å². The Bertz CT molecular complexity index is 1120. The number of pyridine rings is 2. The van der Waals surface area contributed by atoms with E-state index in [9.17, 15) is 9.90 Å². The first-order valence-corrected chi connectivity index (χ1v) is 11.4. The molecule has 33 heavy (non-hydrogen) atoms. The number of carbonyl (C=O) groups excluding carboxylic acids is 1. The molecule has 1 saturated heterocycles. The van der Waals surface area contributed by atoms with Crippen LogP contribution in [0.2, 0.25) is 0 Å². The van der Waals surface area contributed by atoms with Gasteiger partial charge in [0.05, 0.1) is 12.1 Å². The molecule has 2 aromatic heterocycles. The molecule has 5 rings (SSSR count). The van der Waals surface area contributed by atoms with Gasteiger partial charge in [-0.3, -0.25) is 9.98 Å². The van der Waals surface area contributed by atoms with Crippen molar-refractivity contribution >= 4 is 29.3 Å². The second kappa shape index (κ2) is 9.40. The van der Waals surface area contributed by atoms with Crippen LogP contribution in [-0.2, 0) is 6.42 Å². The lowest BCUT2D eigenvalue weighted by Crippen LogP contribution is -2.43. The highest BCUT2D eigenvalue weighted by atomic mass is 16.3. The molecular formula is C24H27N7O2. The van der Waals surface area contributed by atoms with Crippen LogP contribution >= 0.6 is 0 Å². The van der Waals surface area contributed by atoms with Gasteiger partial charge in [-0.1, -0.05) is 0 Å². The summed E-state index contributed by atoms with van der Waals surface area (Å²) in [6, 6.07) is 7.53. The second-order valence-electron chi connectivity index (χ2n) is 8.30. The third kappa shape index (κ3) is 4.57. The highest BCUT2D eigenvalue weighted by Crippen LogP contribution is 2.28. The zero-order valence-corrected chi connectivity index (χ0v) is 18.4. The van der Waals surface area contributed by atoms with Gasteiger partial charge in [-0.25, -0.2) is 14.8 Å². The van der Waals surface area contributed by atoms with Gasteiger partial charge in [0, 0.05) is 62.3 Å². The molecule has 9 nitrogen and oxygen atoms in total. The van der Waals surface area contributed by atoms with E-state index in [0.717, 1.165) is 43.0 Å². The maximum absolute atomic E-state index is 12.3. The summed E-state index contributed by atoms with van der Waals surface area (Å²) in [7, 11) is 0. The van der Waals surface area contributed by atoms with Crippen molar-refractivity contribution in [1.29, 1.82) is 0 Å². The summed E-state index contributed by atoms with van der Waals surface area (Å²) in [5.41, 5.74) is 2.35. The van der Waals surface area contributed by atoms with Crippen molar-refractivity contribution in [2.24, 2.45) is 9.98 Å². The minimum atomic E-state index is -0.0000609. The van der Waals surface area contributed by atoms with E-state index >= 15 is 0 Å². The average Bonchev–Trinajstić information content (AvgIpc) is 3.35. The van der Waals surface area contributed by atoms with Crippen molar-refractivity contribution in [2.75, 3.05) is 32.7 Å². The van der Waals surface area contributed by atoms with E-state index in [0.29, 0.717) is 43.3 Å². The molecule has 2 aromatic rings. The number of fused-ring (bicyclic) bond motifs is 3. The number of urea groups is 1. The third-order valence-corrected chi connectivity index (χ3v) is 6.04. The first-order valence-electron chi connectivity index (χ1n) is 11.4. The van der Waals surface area contributed by atoms with Crippen molar-refractivity contribution in [3.05, 3.63) is 59.6 Å². The third-order valence-electron chi connectivity index (χ3n) is 6.04. The number of aromatic nitrogens is 2. The Morgan fingerprint density at radius 2 is 2.03 bits per heavy atom. The maximum Gasteiger partial charge on any atom is 0.317 e. The number of nitrogens with one attached hydrogen (secondary N) is 1. The van der Waals surface area contributed by atoms with Crippen LogP contribution < -0.4 is 5.32 Å². The van der Waals surface area contributed by atoms with Crippen LogP contribution in [0.5, 0.6) is 0 Å². The Labute approximate surface area is 192 Å². The fraction of sp³-hybridized carbons (Fsp3) is 0.375. The van der Waals surface area contributed by atoms with Crippen molar-refractivity contribution < 1.29 is 9.90 Å². The normalized spacial score (nSPS) is 17.8. The Hall–Kier alpha value is -3.75. The summed E-state index contributed by atoms with van der Waals surface area (Å²) >= 11 is 0. The first kappa shape index (κ1) is 21.1. The summed E-state index contributed by atoms with van der Waals surface area (Å²) in [5.74, 6) is 2.09. The van der Waals surface area contributed by atoms with Crippen molar-refractivity contribution in [1.82, 2.24) is 25.1 Å². The number of nitrogens with zero attached hydrogens (tertiary/aromatic N) is 6. The van der Waals surface area contributed by atoms with E-state index in [1.54, 1.807) is 30.6 Å². The van der Waals surface area contributed by atoms with Gasteiger partial charge in [-0.15, -0.1) is 0 Å². The van der Waals surface area contributed by atoms with Crippen LogP contribution in [0.1, 0.15) is 36.1 Å². The summed E-state index contributed by atoms with van der Waals surface area (Å²) in [5, 5.41) is 13.6. The smallest absolute Gasteiger partial charge is 0.317 e. The molecule has 3 aliphatic rings. The molecule has 0 saturated carbocycles. The fourth-order valence-corrected chi connectivity index (χ4v) is 4.29. The number of rotatable bonds is 5. The number of hydrogen-bond acceptors (Lipinski definition) is 7. The van der Waals surface area contributed by atoms with Gasteiger partial charge in [0.15, 0.2) is 5.82 Å². The highest BCUT2D eigenvalue weighted by Gasteiger charge is 2.29. The number of hydrogen-bond donors (Lipinski definition) is 2. The molecule has 170 valence electrons. The molecule has 0 aromatic carbocycles. The number of piperidine rings is 1. The molecule has 5 heterocycles. The molecule has 3 aliphatic heterocycles. The van der Waals surface area contributed by atoms with Crippen LogP contribution in [-0.4, -0.2) is 75.3 Å². The van der Waals surface area contributed by atoms with Gasteiger partial charge in [-0.2, -0.15) is 0 Å². The SMILES string of the molecule is O=C(NCCc1ccc2c(n1)N=C(/C=C(\O)c1cccnc1)N1CCN=C21)N1CCCCC1. The van der Waals surface area contributed by atoms with Crippen LogP contribution in [0.4, 0.5) is 10.6 Å². The predicted octanol–water partition coefficient (Wildman–Crippen LogP) is 2.92. The average molecular weight is 446 g/mol. The Balaban J connectivity index is 1.32. The molecule has 0 spiro atoms. The Morgan fingerprint density at radius 1 is 1.15 bits per heavy atom. The Kier molecular flexibility index (Phi) is 6.01. The predicted molar refractivity (Wildman–Crippen MR) is 127 cm³/mol. The number of amidine groups is 2. The van der Waals surface area contributed by atoms with E-state index in [4.69, 9.17) is 9.98 Å². The lowest BCUT2D eigenvalue weighted by atomic mass is 10.1. The molecular weight excluding hydrogens is 418 g/mol. The topological polar surface area (TPSA) is 106 Å². The van der Waals surface area contributed by atoms with E-state index in [1.165, 1.54) is 6.42 Å². The lowest BCUT2D eigenvalue weighted by molar-refractivity contribution is 0.186. The summed E-state index contributed by atoms with van der Waals surface area (Å²) in [6.07, 6.45) is 8.87. The fourth-order valence-electron chi connectivity index (χ4n) is 4.29. The maximum atomic E-state index is 12.3. The molecule has 1 fully saturated rings. The number of aliphatic imine (C=N–C) groups is 2. The minimum Gasteiger partial charge on any atom is -0.507 e. The largest absolute Gasteiger partial charge is 0.507 e. The number of aliphatic hydroxyl groups excluding tert-OH is 1. The molecule has 0 aliphatic carbocycles. The number of carbonyl (C=O) groups is 1. The summed E-state index contributed by atoms with van der Waals surface area (Å²) < 4.78 is 0. The van der Waals surface area contributed by atoms with Crippen molar-refractivity contribution in [3.63, 3.8) is 0 Å². The van der Waals surface area contributed by atoms with Gasteiger partial charge < -0.3 is 20.2 Å². The van der Waals surface area contributed by atoms with Gasteiger partial charge in [0.2, 0.25) is 0 Å². The molecule has 0 bridgehead atoms. The van der Waals surface area contributed by atoms with Gasteiger partial charge in [-0.05, 0) is 43.5 Å². The molecule has 0 unspecified atom stereocenters. The van der Waals surface area contributed by atoms with Crippen LogP contribution in [0.25, 0.3) is 5.76 Å². The van der Waals surface area contributed by atoms with Crippen molar-refractivity contribution in [3.8, 4) is 0 Å². The second-order valence-corrected chi connectivity index (χ2v) is 8.30. The first-order chi connectivity index (χ1) is 16.2.